The summed E-state index contributed by atoms with van der Waals surface area (Å²) < 4.78 is 38.8. The molecule has 0 aliphatic heterocycles. The first-order valence-electron chi connectivity index (χ1n) is 6.09. The van der Waals surface area contributed by atoms with Crippen LogP contribution in [0.5, 0.6) is 0 Å². The van der Waals surface area contributed by atoms with E-state index in [1.807, 2.05) is 13.8 Å². The van der Waals surface area contributed by atoms with Gasteiger partial charge in [0, 0.05) is 0 Å². The molecule has 0 fully saturated rings. The van der Waals surface area contributed by atoms with E-state index >= 15 is 0 Å². The highest BCUT2D eigenvalue weighted by Gasteiger charge is 2.35. The predicted molar refractivity (Wildman–Crippen MR) is 65.9 cm³/mol. The number of carboxylic acid groups (broad SMARTS) is 1. The number of halogens is 3. The van der Waals surface area contributed by atoms with E-state index < -0.39 is 23.6 Å². The van der Waals surface area contributed by atoms with Crippen LogP contribution in [-0.4, -0.2) is 11.1 Å². The van der Waals surface area contributed by atoms with Crippen molar-refractivity contribution in [3.63, 3.8) is 0 Å². The second-order valence-corrected chi connectivity index (χ2v) is 5.01. The summed E-state index contributed by atoms with van der Waals surface area (Å²) in [4.78, 5) is 10.8. The Labute approximate surface area is 110 Å². The summed E-state index contributed by atoms with van der Waals surface area (Å²) in [6.07, 6.45) is -4.32. The molecule has 0 aliphatic carbocycles. The molecule has 2 nitrogen and oxygen atoms in total. The van der Waals surface area contributed by atoms with Crippen molar-refractivity contribution in [2.45, 2.75) is 38.8 Å². The Balaban J connectivity index is 3.18. The third-order valence-electron chi connectivity index (χ3n) is 2.88. The molecule has 0 amide bonds. The van der Waals surface area contributed by atoms with Crippen LogP contribution >= 0.6 is 0 Å². The summed E-state index contributed by atoms with van der Waals surface area (Å²) in [6.45, 7) is 3.73. The van der Waals surface area contributed by atoms with Gasteiger partial charge in [-0.1, -0.05) is 32.0 Å². The van der Waals surface area contributed by atoms with Gasteiger partial charge in [0.25, 0.3) is 0 Å². The number of carboxylic acids is 1. The molecule has 5 heteroatoms. The Bertz CT molecular complexity index is 439. The van der Waals surface area contributed by atoms with Gasteiger partial charge in [-0.05, 0) is 29.9 Å². The summed E-state index contributed by atoms with van der Waals surface area (Å²) >= 11 is 0. The molecule has 0 aliphatic rings. The van der Waals surface area contributed by atoms with Crippen molar-refractivity contribution in [3.05, 3.63) is 35.4 Å². The molecule has 0 spiro atoms. The maximum atomic E-state index is 12.9. The Morgan fingerprint density at radius 1 is 1.26 bits per heavy atom. The molecule has 0 aromatic heterocycles. The van der Waals surface area contributed by atoms with E-state index in [1.165, 1.54) is 18.2 Å². The van der Waals surface area contributed by atoms with Crippen molar-refractivity contribution in [2.75, 3.05) is 0 Å². The van der Waals surface area contributed by atoms with Gasteiger partial charge in [-0.15, -0.1) is 0 Å². The molecular formula is C14H17F3O2. The van der Waals surface area contributed by atoms with Crippen LogP contribution in [0.25, 0.3) is 0 Å². The summed E-state index contributed by atoms with van der Waals surface area (Å²) in [5.74, 6) is -1.57. The zero-order valence-corrected chi connectivity index (χ0v) is 10.9. The lowest BCUT2D eigenvalue weighted by molar-refractivity contribution is -0.140. The zero-order chi connectivity index (χ0) is 14.6. The van der Waals surface area contributed by atoms with Gasteiger partial charge in [0.2, 0.25) is 0 Å². The van der Waals surface area contributed by atoms with E-state index in [1.54, 1.807) is 0 Å². The van der Waals surface area contributed by atoms with Crippen molar-refractivity contribution in [1.29, 1.82) is 0 Å². The number of benzene rings is 1. The quantitative estimate of drug-likeness (QED) is 0.868. The smallest absolute Gasteiger partial charge is 0.416 e. The summed E-state index contributed by atoms with van der Waals surface area (Å²) in [6, 6.07) is 5.21. The first-order chi connectivity index (χ1) is 8.71. The molecule has 19 heavy (non-hydrogen) atoms. The molecule has 1 rings (SSSR count). The summed E-state index contributed by atoms with van der Waals surface area (Å²) in [5, 5.41) is 8.87. The molecule has 0 saturated carbocycles. The average Bonchev–Trinajstić information content (AvgIpc) is 2.25. The highest BCUT2D eigenvalue weighted by atomic mass is 19.4. The second kappa shape index (κ2) is 6.08. The number of hydrogen-bond donors (Lipinski definition) is 1. The fraction of sp³-hybridized carbons (Fsp3) is 0.500. The SMILES string of the molecule is CC(C)CC(CC(=O)O)c1ccccc1C(F)(F)F. The van der Waals surface area contributed by atoms with Crippen LogP contribution in [0.15, 0.2) is 24.3 Å². The third-order valence-corrected chi connectivity index (χ3v) is 2.88. The van der Waals surface area contributed by atoms with Gasteiger partial charge in [-0.3, -0.25) is 4.79 Å². The van der Waals surface area contributed by atoms with Gasteiger partial charge in [0.1, 0.15) is 0 Å². The number of aliphatic carboxylic acids is 1. The topological polar surface area (TPSA) is 37.3 Å². The second-order valence-electron chi connectivity index (χ2n) is 5.01. The van der Waals surface area contributed by atoms with Gasteiger partial charge in [-0.25, -0.2) is 0 Å². The fourth-order valence-corrected chi connectivity index (χ4v) is 2.21. The van der Waals surface area contributed by atoms with Gasteiger partial charge >= 0.3 is 12.1 Å². The van der Waals surface area contributed by atoms with Gasteiger partial charge in [0.15, 0.2) is 0 Å². The van der Waals surface area contributed by atoms with Crippen molar-refractivity contribution in [2.24, 2.45) is 5.92 Å². The van der Waals surface area contributed by atoms with E-state index in [2.05, 4.69) is 0 Å². The maximum Gasteiger partial charge on any atom is 0.416 e. The van der Waals surface area contributed by atoms with E-state index in [9.17, 15) is 18.0 Å². The molecule has 1 N–H and O–H groups in total. The van der Waals surface area contributed by atoms with Crippen molar-refractivity contribution < 1.29 is 23.1 Å². The van der Waals surface area contributed by atoms with Crippen LogP contribution in [0, 0.1) is 5.92 Å². The minimum absolute atomic E-state index is 0.0751. The monoisotopic (exact) mass is 274 g/mol. The minimum Gasteiger partial charge on any atom is -0.481 e. The highest BCUT2D eigenvalue weighted by Crippen LogP contribution is 2.38. The lowest BCUT2D eigenvalue weighted by Gasteiger charge is -2.22. The molecule has 106 valence electrons. The lowest BCUT2D eigenvalue weighted by Crippen LogP contribution is -2.15. The largest absolute Gasteiger partial charge is 0.481 e. The van der Waals surface area contributed by atoms with E-state index in [-0.39, 0.29) is 17.9 Å². The predicted octanol–water partition coefficient (Wildman–Crippen LogP) is 4.31. The third kappa shape index (κ3) is 4.58. The van der Waals surface area contributed by atoms with E-state index in [4.69, 9.17) is 5.11 Å². The van der Waals surface area contributed by atoms with Crippen LogP contribution in [-0.2, 0) is 11.0 Å². The highest BCUT2D eigenvalue weighted by molar-refractivity contribution is 5.68. The minimum atomic E-state index is -4.45. The average molecular weight is 274 g/mol. The lowest BCUT2D eigenvalue weighted by atomic mass is 9.85. The van der Waals surface area contributed by atoms with Crippen molar-refractivity contribution >= 4 is 5.97 Å². The Kier molecular flexibility index (Phi) is 4.97. The number of carbonyl (C=O) groups is 1. The van der Waals surface area contributed by atoms with Crippen LogP contribution in [0.1, 0.15) is 43.7 Å². The number of hydrogen-bond acceptors (Lipinski definition) is 1. The fourth-order valence-electron chi connectivity index (χ4n) is 2.21. The first kappa shape index (κ1) is 15.5. The van der Waals surface area contributed by atoms with Crippen LogP contribution < -0.4 is 0 Å². The van der Waals surface area contributed by atoms with E-state index in [0.717, 1.165) is 6.07 Å². The summed E-state index contributed by atoms with van der Waals surface area (Å²) in [5.41, 5.74) is -0.659. The Morgan fingerprint density at radius 3 is 2.32 bits per heavy atom. The van der Waals surface area contributed by atoms with Gasteiger partial charge < -0.3 is 5.11 Å². The zero-order valence-electron chi connectivity index (χ0n) is 10.9. The van der Waals surface area contributed by atoms with Crippen LogP contribution in [0.4, 0.5) is 13.2 Å². The molecule has 1 aromatic carbocycles. The Hall–Kier alpha value is -1.52. The number of rotatable bonds is 5. The van der Waals surface area contributed by atoms with Crippen LogP contribution in [0.3, 0.4) is 0 Å². The van der Waals surface area contributed by atoms with Gasteiger partial charge in [0.05, 0.1) is 12.0 Å². The Morgan fingerprint density at radius 2 is 1.84 bits per heavy atom. The molecule has 1 atom stereocenters. The maximum absolute atomic E-state index is 12.9. The molecular weight excluding hydrogens is 257 g/mol. The van der Waals surface area contributed by atoms with E-state index in [0.29, 0.717) is 6.42 Å². The molecule has 0 saturated heterocycles. The van der Waals surface area contributed by atoms with Gasteiger partial charge in [-0.2, -0.15) is 13.2 Å². The summed E-state index contributed by atoms with van der Waals surface area (Å²) in [7, 11) is 0. The molecule has 0 radical (unpaired) electrons. The van der Waals surface area contributed by atoms with Crippen molar-refractivity contribution in [3.8, 4) is 0 Å². The normalized spacial score (nSPS) is 13.6. The molecule has 0 heterocycles. The standard InChI is InChI=1S/C14H17F3O2/c1-9(2)7-10(8-13(18)19)11-5-3-4-6-12(11)14(15,16)17/h3-6,9-10H,7-8H2,1-2H3,(H,18,19). The first-order valence-corrected chi connectivity index (χ1v) is 6.09. The number of alkyl halides is 3. The van der Waals surface area contributed by atoms with Crippen LogP contribution in [0.2, 0.25) is 0 Å². The molecule has 1 aromatic rings. The molecule has 0 bridgehead atoms. The molecule has 1 unspecified atom stereocenters. The van der Waals surface area contributed by atoms with Crippen molar-refractivity contribution in [1.82, 2.24) is 0 Å².